The zero-order valence-corrected chi connectivity index (χ0v) is 16.8. The first-order valence-corrected chi connectivity index (χ1v) is 9.71. The Hall–Kier alpha value is -1.69. The van der Waals surface area contributed by atoms with Crippen molar-refractivity contribution in [2.45, 2.75) is 65.3 Å². The second kappa shape index (κ2) is 5.43. The van der Waals surface area contributed by atoms with Crippen molar-refractivity contribution in [2.24, 2.45) is 28.6 Å². The second-order valence-electron chi connectivity index (χ2n) is 9.26. The van der Waals surface area contributed by atoms with Crippen molar-refractivity contribution in [3.8, 4) is 0 Å². The minimum absolute atomic E-state index is 0.0257. The summed E-state index contributed by atoms with van der Waals surface area (Å²) in [5, 5.41) is 0. The summed E-state index contributed by atoms with van der Waals surface area (Å²) in [6, 6.07) is 0. The van der Waals surface area contributed by atoms with Gasteiger partial charge in [0.05, 0.1) is 18.6 Å². The van der Waals surface area contributed by atoms with Crippen LogP contribution in [0.4, 0.5) is 0 Å². The number of Topliss-reactive ketones (excluding diaryl/α,β-unsaturated/α-hetero) is 2. The van der Waals surface area contributed by atoms with E-state index in [1.807, 2.05) is 26.8 Å². The third kappa shape index (κ3) is 2.13. The maximum Gasteiger partial charge on any atom is 0.302 e. The number of hydrogen-bond acceptors (Lipinski definition) is 6. The lowest BCUT2D eigenvalue weighted by Gasteiger charge is -2.60. The van der Waals surface area contributed by atoms with Crippen LogP contribution in [0.2, 0.25) is 0 Å². The van der Waals surface area contributed by atoms with Crippen molar-refractivity contribution in [1.82, 2.24) is 0 Å². The van der Waals surface area contributed by atoms with Gasteiger partial charge in [0.1, 0.15) is 6.10 Å². The first-order chi connectivity index (χ1) is 12.5. The average molecular weight is 376 g/mol. The van der Waals surface area contributed by atoms with Crippen molar-refractivity contribution >= 4 is 17.5 Å². The van der Waals surface area contributed by atoms with Gasteiger partial charge in [0.15, 0.2) is 17.1 Å². The molecule has 0 aromatic carbocycles. The quantitative estimate of drug-likeness (QED) is 0.544. The minimum Gasteiger partial charge on any atom is -0.493 e. The Kier molecular flexibility index (Phi) is 3.76. The summed E-state index contributed by atoms with van der Waals surface area (Å²) in [6.45, 7) is 9.07. The number of epoxide rings is 1. The van der Waals surface area contributed by atoms with Crippen molar-refractivity contribution in [3.05, 3.63) is 11.8 Å². The molecule has 148 valence electrons. The molecule has 4 rings (SSSR count). The first-order valence-electron chi connectivity index (χ1n) is 9.71. The van der Waals surface area contributed by atoms with E-state index < -0.39 is 28.5 Å². The molecule has 0 aromatic heterocycles. The number of allylic oxidation sites excluding steroid dienone is 2. The number of esters is 1. The molecule has 2 saturated carbocycles. The molecule has 1 saturated heterocycles. The van der Waals surface area contributed by atoms with Crippen LogP contribution in [0.1, 0.15) is 47.5 Å². The Morgan fingerprint density at radius 1 is 1.19 bits per heavy atom. The van der Waals surface area contributed by atoms with Crippen LogP contribution < -0.4 is 0 Å². The van der Waals surface area contributed by atoms with E-state index in [1.165, 1.54) is 14.0 Å². The van der Waals surface area contributed by atoms with E-state index in [0.29, 0.717) is 18.6 Å². The van der Waals surface area contributed by atoms with Gasteiger partial charge in [-0.15, -0.1) is 0 Å². The van der Waals surface area contributed by atoms with E-state index in [9.17, 15) is 14.4 Å². The molecule has 27 heavy (non-hydrogen) atoms. The van der Waals surface area contributed by atoms with E-state index in [2.05, 4.69) is 6.92 Å². The van der Waals surface area contributed by atoms with Crippen LogP contribution in [-0.4, -0.2) is 42.5 Å². The summed E-state index contributed by atoms with van der Waals surface area (Å²) in [4.78, 5) is 38.8. The summed E-state index contributed by atoms with van der Waals surface area (Å²) in [5.41, 5.74) is -2.53. The first kappa shape index (κ1) is 18.7. The number of carbonyl (C=O) groups excluding carboxylic acids is 3. The predicted octanol–water partition coefficient (Wildman–Crippen LogP) is 2.45. The molecule has 3 aliphatic carbocycles. The molecule has 0 N–H and O–H groups in total. The Morgan fingerprint density at radius 3 is 2.44 bits per heavy atom. The molecule has 0 amide bonds. The molecule has 4 aliphatic rings. The zero-order chi connectivity index (χ0) is 19.9. The molecule has 3 fully saturated rings. The number of ether oxygens (including phenoxy) is 3. The molecule has 0 unspecified atom stereocenters. The van der Waals surface area contributed by atoms with Gasteiger partial charge >= 0.3 is 5.97 Å². The normalized spacial score (nSPS) is 50.7. The van der Waals surface area contributed by atoms with Gasteiger partial charge in [-0.3, -0.25) is 14.4 Å². The number of ketones is 2. The molecule has 8 atom stereocenters. The highest BCUT2D eigenvalue weighted by Crippen LogP contribution is 2.67. The molecule has 6 heteroatoms. The fourth-order valence-electron chi connectivity index (χ4n) is 6.42. The molecule has 1 aliphatic heterocycles. The van der Waals surface area contributed by atoms with Gasteiger partial charge in [-0.05, 0) is 50.5 Å². The van der Waals surface area contributed by atoms with Crippen LogP contribution in [0.3, 0.4) is 0 Å². The summed E-state index contributed by atoms with van der Waals surface area (Å²) < 4.78 is 16.9. The molecule has 1 heterocycles. The fraction of sp³-hybridized carbons (Fsp3) is 0.762. The summed E-state index contributed by atoms with van der Waals surface area (Å²) >= 11 is 0. The van der Waals surface area contributed by atoms with Crippen LogP contribution in [0.25, 0.3) is 0 Å². The third-order valence-corrected chi connectivity index (χ3v) is 7.98. The number of fused-ring (bicyclic) bond motifs is 4. The van der Waals surface area contributed by atoms with Crippen LogP contribution >= 0.6 is 0 Å². The van der Waals surface area contributed by atoms with Gasteiger partial charge in [0.25, 0.3) is 0 Å². The maximum absolute atomic E-state index is 13.5. The van der Waals surface area contributed by atoms with E-state index in [0.717, 1.165) is 0 Å². The standard InChI is InChI=1S/C21H28O6/c1-10-7-13(25-6)17(23)19(3)12(10)8-15(26-11(2)22)20(4)14(19)9-16-21(5,27-16)18(20)24/h7,10,12,14-16H,8-9H2,1-6H3/t10-,12+,14-,15-,16+,19+,20+,21+/m1/s1. The lowest BCUT2D eigenvalue weighted by Crippen LogP contribution is -2.67. The van der Waals surface area contributed by atoms with Gasteiger partial charge in [-0.2, -0.15) is 0 Å². The molecule has 0 spiro atoms. The number of methoxy groups -OCH3 is 1. The highest BCUT2D eigenvalue weighted by Gasteiger charge is 2.77. The van der Waals surface area contributed by atoms with Crippen LogP contribution in [0, 0.1) is 28.6 Å². The molecule has 0 aromatic rings. The van der Waals surface area contributed by atoms with E-state index >= 15 is 0 Å². The molecule has 0 radical (unpaired) electrons. The fourth-order valence-corrected chi connectivity index (χ4v) is 6.42. The van der Waals surface area contributed by atoms with E-state index in [4.69, 9.17) is 14.2 Å². The number of rotatable bonds is 2. The van der Waals surface area contributed by atoms with Crippen molar-refractivity contribution in [1.29, 1.82) is 0 Å². The topological polar surface area (TPSA) is 82.2 Å². The van der Waals surface area contributed by atoms with Crippen molar-refractivity contribution in [2.75, 3.05) is 7.11 Å². The van der Waals surface area contributed by atoms with Gasteiger partial charge in [0, 0.05) is 12.3 Å². The predicted molar refractivity (Wildman–Crippen MR) is 95.5 cm³/mol. The van der Waals surface area contributed by atoms with Crippen molar-refractivity contribution in [3.63, 3.8) is 0 Å². The van der Waals surface area contributed by atoms with Crippen LogP contribution in [0.5, 0.6) is 0 Å². The Bertz CT molecular complexity index is 771. The highest BCUT2D eigenvalue weighted by atomic mass is 16.6. The largest absolute Gasteiger partial charge is 0.493 e. The number of hydrogen-bond donors (Lipinski definition) is 0. The van der Waals surface area contributed by atoms with Gasteiger partial charge < -0.3 is 14.2 Å². The Labute approximate surface area is 159 Å². The van der Waals surface area contributed by atoms with Gasteiger partial charge in [-0.1, -0.05) is 13.8 Å². The summed E-state index contributed by atoms with van der Waals surface area (Å²) in [6.07, 6.45) is 2.23. The minimum atomic E-state index is -0.954. The summed E-state index contributed by atoms with van der Waals surface area (Å²) in [5.74, 6) is -0.347. The lowest BCUT2D eigenvalue weighted by atomic mass is 9.42. The average Bonchev–Trinajstić information content (AvgIpc) is 3.27. The molecular weight excluding hydrogens is 348 g/mol. The third-order valence-electron chi connectivity index (χ3n) is 7.98. The molecular formula is C21H28O6. The Morgan fingerprint density at radius 2 is 1.85 bits per heavy atom. The molecule has 0 bridgehead atoms. The van der Waals surface area contributed by atoms with E-state index in [1.54, 1.807) is 0 Å². The highest BCUT2D eigenvalue weighted by molar-refractivity contribution is 6.02. The molecule has 6 nitrogen and oxygen atoms in total. The van der Waals surface area contributed by atoms with Gasteiger partial charge in [0.2, 0.25) is 5.78 Å². The van der Waals surface area contributed by atoms with Gasteiger partial charge in [-0.25, -0.2) is 0 Å². The monoisotopic (exact) mass is 376 g/mol. The smallest absolute Gasteiger partial charge is 0.302 e. The van der Waals surface area contributed by atoms with Crippen molar-refractivity contribution < 1.29 is 28.6 Å². The summed E-state index contributed by atoms with van der Waals surface area (Å²) in [7, 11) is 1.51. The van der Waals surface area contributed by atoms with Crippen LogP contribution in [-0.2, 0) is 28.6 Å². The van der Waals surface area contributed by atoms with E-state index in [-0.39, 0.29) is 35.4 Å². The van der Waals surface area contributed by atoms with Crippen LogP contribution in [0.15, 0.2) is 11.8 Å². The second-order valence-corrected chi connectivity index (χ2v) is 9.26. The lowest BCUT2D eigenvalue weighted by molar-refractivity contribution is -0.195. The maximum atomic E-state index is 13.5. The SMILES string of the molecule is COC1=C[C@@H](C)[C@@H]2C[C@@H](OC(C)=O)[C@@]3(C)C(=O)[C@@]4(C)O[C@H]4C[C@@H]3[C@@]2(C)C1=O. The Balaban J connectivity index is 1.87. The number of carbonyl (C=O) groups is 3. The zero-order valence-electron chi connectivity index (χ0n) is 16.8.